The zero-order valence-electron chi connectivity index (χ0n) is 10.6. The molecule has 1 aromatic heterocycles. The van der Waals surface area contributed by atoms with Gasteiger partial charge in [0.2, 0.25) is 5.91 Å². The Kier molecular flexibility index (Phi) is 9.45. The summed E-state index contributed by atoms with van der Waals surface area (Å²) in [5.41, 5.74) is 6.67. The monoisotopic (exact) mass is 309 g/mol. The third-order valence-electron chi connectivity index (χ3n) is 2.32. The number of thiazole rings is 1. The first-order valence-corrected chi connectivity index (χ1v) is 7.90. The quantitative estimate of drug-likeness (QED) is 0.806. The second-order valence-electron chi connectivity index (χ2n) is 3.69. The summed E-state index contributed by atoms with van der Waals surface area (Å²) in [5, 5.41) is 5.89. The molecule has 18 heavy (non-hydrogen) atoms. The van der Waals surface area contributed by atoms with Crippen LogP contribution in [0, 0.1) is 0 Å². The molecule has 0 radical (unpaired) electrons. The Hall–Kier alpha value is -0.300. The molecule has 3 N–H and O–H groups in total. The molecule has 1 aromatic rings. The lowest BCUT2D eigenvalue weighted by molar-refractivity contribution is -0.122. The number of nitrogens with two attached hydrogens (primary N) is 1. The molecule has 0 saturated heterocycles. The van der Waals surface area contributed by atoms with Gasteiger partial charge < -0.3 is 11.1 Å². The Balaban J connectivity index is 0.00000289. The van der Waals surface area contributed by atoms with E-state index in [1.807, 2.05) is 11.6 Å². The molecule has 1 rings (SSSR count). The Morgan fingerprint density at radius 1 is 1.67 bits per heavy atom. The van der Waals surface area contributed by atoms with Crippen molar-refractivity contribution in [1.29, 1.82) is 0 Å². The lowest BCUT2D eigenvalue weighted by Gasteiger charge is -2.10. The topological polar surface area (TPSA) is 68.0 Å². The Labute approximate surface area is 123 Å². The van der Waals surface area contributed by atoms with Gasteiger partial charge in [-0.1, -0.05) is 6.92 Å². The number of amides is 1. The molecule has 4 nitrogen and oxygen atoms in total. The van der Waals surface area contributed by atoms with E-state index in [4.69, 9.17) is 5.73 Å². The minimum Gasteiger partial charge on any atom is -0.349 e. The second-order valence-corrected chi connectivity index (χ2v) is 5.62. The van der Waals surface area contributed by atoms with E-state index in [0.29, 0.717) is 13.0 Å². The number of carbonyl (C=O) groups is 1. The standard InChI is InChI=1S/C11H19N3OS2.ClH/c1-3-10-14-8(7-17-10)6-13-11(15)9(12)4-5-16-2;/h7,9H,3-6,12H2,1-2H3,(H,13,15);1H/t9-;/m0./s1. The third-order valence-corrected chi connectivity index (χ3v) is 4.00. The van der Waals surface area contributed by atoms with Crippen LogP contribution in [0.3, 0.4) is 0 Å². The van der Waals surface area contributed by atoms with E-state index in [1.54, 1.807) is 23.1 Å². The Morgan fingerprint density at radius 3 is 2.94 bits per heavy atom. The van der Waals surface area contributed by atoms with Crippen molar-refractivity contribution in [2.75, 3.05) is 12.0 Å². The average molecular weight is 310 g/mol. The first-order chi connectivity index (χ1) is 8.17. The SMILES string of the molecule is CCc1nc(CNC(=O)[C@@H](N)CCSC)cs1.Cl. The van der Waals surface area contributed by atoms with E-state index < -0.39 is 6.04 Å². The van der Waals surface area contributed by atoms with Gasteiger partial charge >= 0.3 is 0 Å². The molecule has 1 amide bonds. The van der Waals surface area contributed by atoms with Crippen molar-refractivity contribution in [3.63, 3.8) is 0 Å². The van der Waals surface area contributed by atoms with Crippen molar-refractivity contribution in [2.45, 2.75) is 32.4 Å². The van der Waals surface area contributed by atoms with Crippen LogP contribution in [0.1, 0.15) is 24.0 Å². The van der Waals surface area contributed by atoms with Crippen LogP contribution < -0.4 is 11.1 Å². The molecule has 0 aliphatic heterocycles. The zero-order valence-corrected chi connectivity index (χ0v) is 13.1. The number of nitrogens with one attached hydrogen (secondary N) is 1. The summed E-state index contributed by atoms with van der Waals surface area (Å²) < 4.78 is 0. The number of aromatic nitrogens is 1. The summed E-state index contributed by atoms with van der Waals surface area (Å²) in [4.78, 5) is 16.0. The predicted molar refractivity (Wildman–Crippen MR) is 81.6 cm³/mol. The maximum Gasteiger partial charge on any atom is 0.237 e. The average Bonchev–Trinajstić information content (AvgIpc) is 2.80. The summed E-state index contributed by atoms with van der Waals surface area (Å²) >= 11 is 3.32. The molecular weight excluding hydrogens is 290 g/mol. The smallest absolute Gasteiger partial charge is 0.237 e. The van der Waals surface area contributed by atoms with E-state index in [0.717, 1.165) is 22.9 Å². The number of thioether (sulfide) groups is 1. The van der Waals surface area contributed by atoms with Crippen molar-refractivity contribution in [2.24, 2.45) is 5.73 Å². The summed E-state index contributed by atoms with van der Waals surface area (Å²) in [5.74, 6) is 0.816. The van der Waals surface area contributed by atoms with Gasteiger partial charge in [-0.25, -0.2) is 4.98 Å². The highest BCUT2D eigenvalue weighted by molar-refractivity contribution is 7.98. The highest BCUT2D eigenvalue weighted by Crippen LogP contribution is 2.09. The fourth-order valence-corrected chi connectivity index (χ4v) is 2.51. The normalized spacial score (nSPS) is 11.7. The van der Waals surface area contributed by atoms with Crippen LogP contribution in [-0.2, 0) is 17.8 Å². The minimum absolute atomic E-state index is 0. The maximum atomic E-state index is 11.6. The van der Waals surface area contributed by atoms with E-state index in [-0.39, 0.29) is 18.3 Å². The van der Waals surface area contributed by atoms with Gasteiger partial charge in [0.1, 0.15) is 0 Å². The number of nitrogens with zero attached hydrogens (tertiary/aromatic N) is 1. The van der Waals surface area contributed by atoms with E-state index in [9.17, 15) is 4.79 Å². The molecule has 0 bridgehead atoms. The van der Waals surface area contributed by atoms with E-state index >= 15 is 0 Å². The van der Waals surface area contributed by atoms with Crippen molar-refractivity contribution in [3.05, 3.63) is 16.1 Å². The summed E-state index contributed by atoms with van der Waals surface area (Å²) in [7, 11) is 0. The van der Waals surface area contributed by atoms with Gasteiger partial charge in [-0.2, -0.15) is 11.8 Å². The van der Waals surface area contributed by atoms with Crippen LogP contribution >= 0.6 is 35.5 Å². The Bertz CT molecular complexity index is 360. The molecule has 7 heteroatoms. The molecule has 0 saturated carbocycles. The molecule has 0 fully saturated rings. The minimum atomic E-state index is -0.410. The largest absolute Gasteiger partial charge is 0.349 e. The number of aryl methyl sites for hydroxylation is 1. The lowest BCUT2D eigenvalue weighted by atomic mass is 10.2. The first kappa shape index (κ1) is 17.7. The van der Waals surface area contributed by atoms with Gasteiger partial charge in [0.05, 0.1) is 23.3 Å². The number of hydrogen-bond donors (Lipinski definition) is 2. The summed E-state index contributed by atoms with van der Waals surface area (Å²) in [6, 6.07) is -0.410. The van der Waals surface area contributed by atoms with E-state index in [2.05, 4.69) is 17.2 Å². The predicted octanol–water partition coefficient (Wildman–Crippen LogP) is 1.82. The molecule has 1 heterocycles. The molecule has 104 valence electrons. The molecule has 0 aliphatic rings. The lowest BCUT2D eigenvalue weighted by Crippen LogP contribution is -2.40. The summed E-state index contributed by atoms with van der Waals surface area (Å²) in [6.07, 6.45) is 3.66. The van der Waals surface area contributed by atoms with Gasteiger partial charge in [0.15, 0.2) is 0 Å². The Morgan fingerprint density at radius 2 is 2.39 bits per heavy atom. The van der Waals surface area contributed by atoms with E-state index in [1.165, 1.54) is 0 Å². The fraction of sp³-hybridized carbons (Fsp3) is 0.636. The number of rotatable bonds is 7. The van der Waals surface area contributed by atoms with Crippen LogP contribution in [0.2, 0.25) is 0 Å². The number of halogens is 1. The van der Waals surface area contributed by atoms with Gasteiger partial charge in [-0.15, -0.1) is 23.7 Å². The van der Waals surface area contributed by atoms with Crippen LogP contribution in [0.15, 0.2) is 5.38 Å². The van der Waals surface area contributed by atoms with Gasteiger partial charge in [0, 0.05) is 5.38 Å². The van der Waals surface area contributed by atoms with Crippen molar-refractivity contribution >= 4 is 41.4 Å². The van der Waals surface area contributed by atoms with Gasteiger partial charge in [-0.3, -0.25) is 4.79 Å². The summed E-state index contributed by atoms with van der Waals surface area (Å²) in [6.45, 7) is 2.54. The molecule has 1 atom stereocenters. The second kappa shape index (κ2) is 9.61. The van der Waals surface area contributed by atoms with Crippen LogP contribution in [-0.4, -0.2) is 28.9 Å². The van der Waals surface area contributed by atoms with Crippen molar-refractivity contribution in [1.82, 2.24) is 10.3 Å². The third kappa shape index (κ3) is 6.04. The highest BCUT2D eigenvalue weighted by atomic mass is 35.5. The van der Waals surface area contributed by atoms with Crippen LogP contribution in [0.25, 0.3) is 0 Å². The number of carbonyl (C=O) groups excluding carboxylic acids is 1. The van der Waals surface area contributed by atoms with Crippen LogP contribution in [0.5, 0.6) is 0 Å². The highest BCUT2D eigenvalue weighted by Gasteiger charge is 2.12. The van der Waals surface area contributed by atoms with Crippen LogP contribution in [0.4, 0.5) is 0 Å². The molecule has 0 aliphatic carbocycles. The number of hydrogen-bond acceptors (Lipinski definition) is 5. The zero-order chi connectivity index (χ0) is 12.7. The molecule has 0 unspecified atom stereocenters. The van der Waals surface area contributed by atoms with Crippen molar-refractivity contribution in [3.8, 4) is 0 Å². The molecule has 0 aromatic carbocycles. The first-order valence-electron chi connectivity index (χ1n) is 5.62. The molecular formula is C11H20ClN3OS2. The molecule has 0 spiro atoms. The fourth-order valence-electron chi connectivity index (χ4n) is 1.28. The maximum absolute atomic E-state index is 11.6. The van der Waals surface area contributed by atoms with Gasteiger partial charge in [-0.05, 0) is 24.9 Å². The van der Waals surface area contributed by atoms with Crippen molar-refractivity contribution < 1.29 is 4.79 Å². The van der Waals surface area contributed by atoms with Gasteiger partial charge in [0.25, 0.3) is 0 Å².